The molecule has 1 aromatic carbocycles. The first-order valence-electron chi connectivity index (χ1n) is 6.20. The maximum atomic E-state index is 11.9. The highest BCUT2D eigenvalue weighted by Gasteiger charge is 2.06. The minimum Gasteiger partial charge on any atom is -0.398 e. The van der Waals surface area contributed by atoms with Crippen molar-refractivity contribution in [1.82, 2.24) is 9.97 Å². The number of anilines is 2. The molecule has 1 amide bonds. The van der Waals surface area contributed by atoms with Gasteiger partial charge >= 0.3 is 0 Å². The highest BCUT2D eigenvalue weighted by atomic mass is 32.2. The second kappa shape index (κ2) is 6.91. The standard InChI is InChI=1S/C14H16N4OS/c1-10-11(15)3-2-4-12(10)18-13(19)5-8-20-14-9-16-6-7-17-14/h2-4,6-7,9H,5,8,15H2,1H3,(H,18,19). The Morgan fingerprint density at radius 1 is 1.40 bits per heavy atom. The van der Waals surface area contributed by atoms with Gasteiger partial charge in [0.1, 0.15) is 5.03 Å². The number of aromatic nitrogens is 2. The summed E-state index contributed by atoms with van der Waals surface area (Å²) in [6.45, 7) is 1.89. The number of rotatable bonds is 5. The average Bonchev–Trinajstić information content (AvgIpc) is 2.45. The van der Waals surface area contributed by atoms with Gasteiger partial charge in [0.25, 0.3) is 0 Å². The van der Waals surface area contributed by atoms with Crippen LogP contribution in [0.2, 0.25) is 0 Å². The van der Waals surface area contributed by atoms with E-state index < -0.39 is 0 Å². The van der Waals surface area contributed by atoms with Crippen LogP contribution in [0.5, 0.6) is 0 Å². The molecule has 104 valence electrons. The molecule has 0 radical (unpaired) electrons. The van der Waals surface area contributed by atoms with E-state index in [1.54, 1.807) is 18.6 Å². The number of nitrogen functional groups attached to an aromatic ring is 1. The summed E-state index contributed by atoms with van der Waals surface area (Å²) in [6, 6.07) is 5.49. The van der Waals surface area contributed by atoms with Crippen molar-refractivity contribution in [3.8, 4) is 0 Å². The quantitative estimate of drug-likeness (QED) is 0.652. The minimum atomic E-state index is -0.0323. The van der Waals surface area contributed by atoms with Gasteiger partial charge in [-0.05, 0) is 24.6 Å². The van der Waals surface area contributed by atoms with Crippen molar-refractivity contribution < 1.29 is 4.79 Å². The third kappa shape index (κ3) is 3.96. The van der Waals surface area contributed by atoms with Gasteiger partial charge in [0.15, 0.2) is 0 Å². The molecule has 0 fully saturated rings. The van der Waals surface area contributed by atoms with Crippen molar-refractivity contribution in [3.05, 3.63) is 42.4 Å². The first kappa shape index (κ1) is 14.3. The van der Waals surface area contributed by atoms with Gasteiger partial charge in [0.2, 0.25) is 5.91 Å². The summed E-state index contributed by atoms with van der Waals surface area (Å²) in [5.41, 5.74) is 8.13. The fourth-order valence-corrected chi connectivity index (χ4v) is 2.38. The highest BCUT2D eigenvalue weighted by molar-refractivity contribution is 7.99. The van der Waals surface area contributed by atoms with Crippen molar-refractivity contribution in [2.24, 2.45) is 0 Å². The fraction of sp³-hybridized carbons (Fsp3) is 0.214. The number of hydrogen-bond donors (Lipinski definition) is 2. The minimum absolute atomic E-state index is 0.0323. The zero-order valence-corrected chi connectivity index (χ0v) is 12.0. The van der Waals surface area contributed by atoms with Crippen LogP contribution in [-0.2, 0) is 4.79 Å². The van der Waals surface area contributed by atoms with Crippen molar-refractivity contribution in [2.45, 2.75) is 18.4 Å². The number of nitrogens with two attached hydrogens (primary N) is 1. The predicted octanol–water partition coefficient (Wildman–Crippen LogP) is 2.49. The Balaban J connectivity index is 1.82. The Morgan fingerprint density at radius 2 is 2.25 bits per heavy atom. The number of hydrogen-bond acceptors (Lipinski definition) is 5. The Morgan fingerprint density at radius 3 is 3.00 bits per heavy atom. The van der Waals surface area contributed by atoms with Crippen molar-refractivity contribution >= 4 is 29.0 Å². The Kier molecular flexibility index (Phi) is 4.95. The van der Waals surface area contributed by atoms with E-state index in [0.717, 1.165) is 16.3 Å². The van der Waals surface area contributed by atoms with Gasteiger partial charge in [0, 0.05) is 35.9 Å². The van der Waals surface area contributed by atoms with Crippen molar-refractivity contribution in [1.29, 1.82) is 0 Å². The van der Waals surface area contributed by atoms with Crippen molar-refractivity contribution in [3.63, 3.8) is 0 Å². The molecule has 0 unspecified atom stereocenters. The summed E-state index contributed by atoms with van der Waals surface area (Å²) in [7, 11) is 0. The molecule has 2 rings (SSSR count). The maximum absolute atomic E-state index is 11.9. The molecule has 20 heavy (non-hydrogen) atoms. The Labute approximate surface area is 122 Å². The summed E-state index contributed by atoms with van der Waals surface area (Å²) in [5.74, 6) is 0.626. The molecule has 0 aliphatic carbocycles. The number of nitrogens with zero attached hydrogens (tertiary/aromatic N) is 2. The number of thioether (sulfide) groups is 1. The van der Waals surface area contributed by atoms with Gasteiger partial charge < -0.3 is 11.1 Å². The smallest absolute Gasteiger partial charge is 0.225 e. The van der Waals surface area contributed by atoms with Crippen LogP contribution in [0.4, 0.5) is 11.4 Å². The van der Waals surface area contributed by atoms with Crippen LogP contribution in [0.15, 0.2) is 41.8 Å². The number of carbonyl (C=O) groups excluding carboxylic acids is 1. The van der Waals surface area contributed by atoms with E-state index in [2.05, 4.69) is 15.3 Å². The largest absolute Gasteiger partial charge is 0.398 e. The molecule has 3 N–H and O–H groups in total. The van der Waals surface area contributed by atoms with E-state index in [1.165, 1.54) is 11.8 Å². The molecule has 0 aliphatic rings. The maximum Gasteiger partial charge on any atom is 0.225 e. The zero-order chi connectivity index (χ0) is 14.4. The second-order valence-electron chi connectivity index (χ2n) is 4.21. The van der Waals surface area contributed by atoms with Crippen LogP contribution in [0, 0.1) is 6.92 Å². The van der Waals surface area contributed by atoms with Gasteiger partial charge in [-0.1, -0.05) is 6.07 Å². The first-order chi connectivity index (χ1) is 9.66. The highest BCUT2D eigenvalue weighted by Crippen LogP contribution is 2.21. The normalized spacial score (nSPS) is 10.2. The number of amides is 1. The topological polar surface area (TPSA) is 80.9 Å². The SMILES string of the molecule is Cc1c(N)cccc1NC(=O)CCSc1cnccn1. The van der Waals surface area contributed by atoms with E-state index in [1.807, 2.05) is 25.1 Å². The fourth-order valence-electron chi connectivity index (χ4n) is 1.61. The van der Waals surface area contributed by atoms with Crippen LogP contribution in [0.1, 0.15) is 12.0 Å². The van der Waals surface area contributed by atoms with Crippen LogP contribution >= 0.6 is 11.8 Å². The molecular formula is C14H16N4OS. The van der Waals surface area contributed by atoms with Crippen LogP contribution in [0.25, 0.3) is 0 Å². The van der Waals surface area contributed by atoms with E-state index in [9.17, 15) is 4.79 Å². The molecule has 0 saturated carbocycles. The molecule has 0 spiro atoms. The lowest BCUT2D eigenvalue weighted by Crippen LogP contribution is -2.13. The van der Waals surface area contributed by atoms with Gasteiger partial charge in [0.05, 0.1) is 6.20 Å². The monoisotopic (exact) mass is 288 g/mol. The lowest BCUT2D eigenvalue weighted by Gasteiger charge is -2.09. The van der Waals surface area contributed by atoms with Crippen LogP contribution in [-0.4, -0.2) is 21.6 Å². The average molecular weight is 288 g/mol. The zero-order valence-electron chi connectivity index (χ0n) is 11.2. The first-order valence-corrected chi connectivity index (χ1v) is 7.19. The van der Waals surface area contributed by atoms with E-state index in [0.29, 0.717) is 17.9 Å². The third-order valence-corrected chi connectivity index (χ3v) is 3.68. The molecule has 0 aliphatic heterocycles. The van der Waals surface area contributed by atoms with E-state index >= 15 is 0 Å². The summed E-state index contributed by atoms with van der Waals surface area (Å²) >= 11 is 1.51. The third-order valence-electron chi connectivity index (χ3n) is 2.77. The lowest BCUT2D eigenvalue weighted by atomic mass is 10.1. The van der Waals surface area contributed by atoms with E-state index in [4.69, 9.17) is 5.73 Å². The molecule has 5 nitrogen and oxygen atoms in total. The Hall–Kier alpha value is -2.08. The van der Waals surface area contributed by atoms with Crippen LogP contribution < -0.4 is 11.1 Å². The predicted molar refractivity (Wildman–Crippen MR) is 81.6 cm³/mol. The molecule has 6 heteroatoms. The van der Waals surface area contributed by atoms with Gasteiger partial charge in [-0.15, -0.1) is 11.8 Å². The molecule has 1 aromatic heterocycles. The number of benzene rings is 1. The number of nitrogens with one attached hydrogen (secondary N) is 1. The van der Waals surface area contributed by atoms with Crippen LogP contribution in [0.3, 0.4) is 0 Å². The summed E-state index contributed by atoms with van der Waals surface area (Å²) in [6.07, 6.45) is 5.36. The molecule has 2 aromatic rings. The summed E-state index contributed by atoms with van der Waals surface area (Å²) in [4.78, 5) is 20.0. The molecule has 0 bridgehead atoms. The lowest BCUT2D eigenvalue weighted by molar-refractivity contribution is -0.115. The molecular weight excluding hydrogens is 272 g/mol. The molecule has 1 heterocycles. The van der Waals surface area contributed by atoms with Gasteiger partial charge in [-0.25, -0.2) is 4.98 Å². The molecule has 0 atom stereocenters. The van der Waals surface area contributed by atoms with Gasteiger partial charge in [-0.2, -0.15) is 0 Å². The van der Waals surface area contributed by atoms with Crippen molar-refractivity contribution in [2.75, 3.05) is 16.8 Å². The van der Waals surface area contributed by atoms with Gasteiger partial charge in [-0.3, -0.25) is 9.78 Å². The number of carbonyl (C=O) groups is 1. The summed E-state index contributed by atoms with van der Waals surface area (Å²) < 4.78 is 0. The second-order valence-corrected chi connectivity index (χ2v) is 5.33. The van der Waals surface area contributed by atoms with E-state index in [-0.39, 0.29) is 5.91 Å². The summed E-state index contributed by atoms with van der Waals surface area (Å²) in [5, 5.41) is 3.69. The Bertz CT molecular complexity index is 589. The molecule has 0 saturated heterocycles.